The fraction of sp³-hybridized carbons (Fsp3) is 0.372. The molecule has 3 aromatic heterocycles. The number of hydrogen-bond donors (Lipinski definition) is 9. The molecule has 2 saturated carbocycles. The van der Waals surface area contributed by atoms with Gasteiger partial charge in [-0.3, -0.25) is 24.0 Å². The maximum atomic E-state index is 13.8. The summed E-state index contributed by atoms with van der Waals surface area (Å²) in [6, 6.07) is 35.9. The van der Waals surface area contributed by atoms with E-state index in [1.54, 1.807) is 72.9 Å². The third kappa shape index (κ3) is 22.3. The molecule has 0 aliphatic heterocycles. The number of anilines is 2. The highest BCUT2D eigenvalue weighted by Gasteiger charge is 2.30. The summed E-state index contributed by atoms with van der Waals surface area (Å²) in [5.41, 5.74) is 17.8. The molecule has 2 fully saturated rings. The Hall–Kier alpha value is -11.5. The molecule has 3 heterocycles. The summed E-state index contributed by atoms with van der Waals surface area (Å²) < 4.78 is 39.1. The van der Waals surface area contributed by atoms with Crippen LogP contribution in [0.2, 0.25) is 0 Å². The lowest BCUT2D eigenvalue weighted by Gasteiger charge is -2.25. The van der Waals surface area contributed by atoms with Crippen LogP contribution in [-0.2, 0) is 54.4 Å². The van der Waals surface area contributed by atoms with Crippen molar-refractivity contribution in [3.05, 3.63) is 162 Å². The molecule has 11 rings (SSSR count). The standard InChI is InChI=1S/C38H42N6O8.C28H36N4O6.C12H15NO3/c1-49-34(46)22-52-27-13-14-30-28(19-27)29(20-41-30)35(38(48)50-2)43-37(47)24-10-15-32-31(18-24)42-36(44(32)25-6-4-3-5-7-25)23-8-11-26(12-9-23)51-21-33(45)40-17-16-39;1-35-28(34)26(17-21-14-19-15-22(9-11-24(19)31-21)37-12-13-38-36-2)32-27(33)18-8-10-25(23(29)16-18)30-20-6-4-3-5-7-20;1-2-7-13-12(15)9-16-11-5-3-10(8-14)4-6-11/h8-15,18-20,25,35,41H,3-7,16-17,21-22,39H2,1-2H3,(H,40,45)(H,43,47);8-11,14-16,20,26,30-31H,3-7,12-13,17,29H2,1-2H3,(H,32,33);3-6,8H,2,7,9H2,1H3,(H,13,15)/p+1. The van der Waals surface area contributed by atoms with E-state index < -0.39 is 41.8 Å². The Bertz CT molecular complexity index is 4430. The molecule has 6 aromatic carbocycles. The summed E-state index contributed by atoms with van der Waals surface area (Å²) in [6.45, 7) is 4.02. The normalized spacial score (nSPS) is 13.5. The van der Waals surface area contributed by atoms with Crippen molar-refractivity contribution in [1.29, 1.82) is 0 Å². The average molecular weight is 1460 g/mol. The molecular formula is C78H94N11O17+. The summed E-state index contributed by atoms with van der Waals surface area (Å²) in [5.74, 6) is 0.0187. The molecule has 0 bridgehead atoms. The number of nitrogens with one attached hydrogen (secondary N) is 7. The maximum Gasteiger partial charge on any atom is 0.343 e. The van der Waals surface area contributed by atoms with Crippen LogP contribution < -0.4 is 57.0 Å². The number of amides is 4. The highest BCUT2D eigenvalue weighted by molar-refractivity contribution is 6.02. The van der Waals surface area contributed by atoms with Crippen molar-refractivity contribution >= 4 is 92.0 Å². The third-order valence-corrected chi connectivity index (χ3v) is 17.8. The van der Waals surface area contributed by atoms with Gasteiger partial charge in [0.1, 0.15) is 54.4 Å². The van der Waals surface area contributed by atoms with Crippen LogP contribution in [0.4, 0.5) is 11.4 Å². The van der Waals surface area contributed by atoms with Crippen molar-refractivity contribution in [2.45, 2.75) is 108 Å². The largest absolute Gasteiger partial charge is 0.491 e. The second kappa shape index (κ2) is 40.0. The van der Waals surface area contributed by atoms with Crippen molar-refractivity contribution in [3.8, 4) is 34.4 Å². The zero-order valence-electron chi connectivity index (χ0n) is 60.3. The van der Waals surface area contributed by atoms with Gasteiger partial charge in [-0.1, -0.05) is 45.4 Å². The number of imidazole rings is 1. The second-order valence-electron chi connectivity index (χ2n) is 25.3. The van der Waals surface area contributed by atoms with Crippen molar-refractivity contribution in [3.63, 3.8) is 0 Å². The summed E-state index contributed by atoms with van der Waals surface area (Å²) in [6.07, 6.45) is 14.9. The number of nitrogen functional groups attached to an aromatic ring is 1. The third-order valence-electron chi connectivity index (χ3n) is 17.8. The number of hydrogen-bond acceptors (Lipinski definition) is 20. The molecular weight excluding hydrogens is 1360 g/mol. The van der Waals surface area contributed by atoms with Gasteiger partial charge >= 0.3 is 17.9 Å². The van der Waals surface area contributed by atoms with Gasteiger partial charge in [-0.15, -0.1) is 0 Å². The van der Waals surface area contributed by atoms with E-state index in [1.807, 2.05) is 67.6 Å². The molecule has 12 N–H and O–H groups in total. The van der Waals surface area contributed by atoms with E-state index in [-0.39, 0.29) is 44.1 Å². The number of aldehydes is 1. The number of H-pyrrole nitrogens is 2. The van der Waals surface area contributed by atoms with Crippen molar-refractivity contribution < 1.29 is 87.0 Å². The maximum absolute atomic E-state index is 13.8. The molecule has 4 amide bonds. The number of quaternary nitrogens is 1. The Morgan fingerprint density at radius 2 is 1.26 bits per heavy atom. The van der Waals surface area contributed by atoms with Crippen LogP contribution >= 0.6 is 0 Å². The Kier molecular flexibility index (Phi) is 29.6. The quantitative estimate of drug-likeness (QED) is 0.00361. The van der Waals surface area contributed by atoms with E-state index in [1.165, 1.54) is 54.1 Å². The van der Waals surface area contributed by atoms with Crippen molar-refractivity contribution in [2.24, 2.45) is 0 Å². The highest BCUT2D eigenvalue weighted by atomic mass is 17.2. The summed E-state index contributed by atoms with van der Waals surface area (Å²) in [5, 5.41) is 16.1. The van der Waals surface area contributed by atoms with Gasteiger partial charge in [-0.25, -0.2) is 29.1 Å². The van der Waals surface area contributed by atoms with Gasteiger partial charge in [0, 0.05) is 86.6 Å². The molecule has 28 heteroatoms. The van der Waals surface area contributed by atoms with Crippen molar-refractivity contribution in [2.75, 3.05) is 92.2 Å². The first kappa shape index (κ1) is 78.6. The van der Waals surface area contributed by atoms with E-state index in [9.17, 15) is 38.4 Å². The van der Waals surface area contributed by atoms with Crippen LogP contribution in [0.3, 0.4) is 0 Å². The number of nitrogens with two attached hydrogens (primary N) is 1. The smallest absolute Gasteiger partial charge is 0.343 e. The van der Waals surface area contributed by atoms with E-state index in [0.717, 1.165) is 90.4 Å². The minimum absolute atomic E-state index is 0.000432. The number of carbonyl (C=O) groups excluding carboxylic acids is 8. The van der Waals surface area contributed by atoms with Crippen LogP contribution in [0.1, 0.15) is 132 Å². The van der Waals surface area contributed by atoms with Crippen LogP contribution in [0.25, 0.3) is 44.2 Å². The molecule has 2 unspecified atom stereocenters. The monoisotopic (exact) mass is 1460 g/mol. The first-order valence-corrected chi connectivity index (χ1v) is 35.4. The van der Waals surface area contributed by atoms with E-state index in [4.69, 9.17) is 44.0 Å². The number of aromatic amines is 2. The van der Waals surface area contributed by atoms with Crippen molar-refractivity contribution in [1.82, 2.24) is 40.8 Å². The summed E-state index contributed by atoms with van der Waals surface area (Å²) >= 11 is 0. The van der Waals surface area contributed by atoms with Gasteiger partial charge in [-0.05, 0) is 159 Å². The number of nitrogens with zero attached hydrogens (tertiary/aromatic N) is 2. The average Bonchev–Trinajstić information content (AvgIpc) is 1.65. The fourth-order valence-corrected chi connectivity index (χ4v) is 12.4. The molecule has 0 saturated heterocycles. The predicted octanol–water partition coefficient (Wildman–Crippen LogP) is 8.99. The lowest BCUT2D eigenvalue weighted by Crippen LogP contribution is -2.55. The SMILES string of the molecule is CCCNC(=O)COc1ccc(C=O)cc1.COC(=O)COc1ccc2[nH]cc(C(NC(=O)c3ccc4c(c3)nc(-c3ccc(OCC(=O)NCC[NH3+])cc3)n4C3CCCCC3)C(=O)OC)c2c1.COOCCOc1ccc2[nH]c(CC(NC(=O)c3ccc(NC4CCCCC4)c(N)c3)C(=O)OC)cc2c1. The highest BCUT2D eigenvalue weighted by Crippen LogP contribution is 2.38. The van der Waals surface area contributed by atoms with Crippen LogP contribution in [0.15, 0.2) is 134 Å². The number of carbonyl (C=O) groups is 8. The van der Waals surface area contributed by atoms with Crippen LogP contribution in [-0.4, -0.2) is 161 Å². The van der Waals surface area contributed by atoms with E-state index in [2.05, 4.69) is 56.5 Å². The second-order valence-corrected chi connectivity index (χ2v) is 25.3. The summed E-state index contributed by atoms with van der Waals surface area (Å²) in [4.78, 5) is 119. The molecule has 2 atom stereocenters. The Balaban J connectivity index is 0.000000209. The lowest BCUT2D eigenvalue weighted by atomic mass is 9.94. The molecule has 2 aliphatic carbocycles. The molecule has 0 spiro atoms. The molecule has 9 aromatic rings. The minimum Gasteiger partial charge on any atom is -0.491 e. The number of ether oxygens (including phenoxy) is 7. The molecule has 28 nitrogen and oxygen atoms in total. The Morgan fingerprint density at radius 1 is 0.642 bits per heavy atom. The van der Waals surface area contributed by atoms with Gasteiger partial charge in [0.05, 0.1) is 63.9 Å². The number of rotatable bonds is 32. The number of esters is 3. The zero-order valence-corrected chi connectivity index (χ0v) is 60.3. The number of fused-ring (bicyclic) bond motifs is 3. The lowest BCUT2D eigenvalue weighted by molar-refractivity contribution is -0.364. The first-order valence-electron chi connectivity index (χ1n) is 35.4. The molecule has 2 aliphatic rings. The van der Waals surface area contributed by atoms with Crippen LogP contribution in [0, 0.1) is 0 Å². The zero-order chi connectivity index (χ0) is 75.3. The van der Waals surface area contributed by atoms with Crippen LogP contribution in [0.5, 0.6) is 23.0 Å². The van der Waals surface area contributed by atoms with E-state index >= 15 is 0 Å². The number of benzene rings is 6. The van der Waals surface area contributed by atoms with Gasteiger partial charge < -0.3 is 85.7 Å². The van der Waals surface area contributed by atoms with E-state index in [0.29, 0.717) is 106 Å². The predicted molar refractivity (Wildman–Crippen MR) is 397 cm³/mol. The first-order chi connectivity index (χ1) is 51.5. The topological polar surface area (TPSA) is 383 Å². The molecule has 0 radical (unpaired) electrons. The Labute approximate surface area is 613 Å². The Morgan fingerprint density at radius 3 is 1.92 bits per heavy atom. The number of methoxy groups -OCH3 is 3. The molecule has 106 heavy (non-hydrogen) atoms. The fourth-order valence-electron chi connectivity index (χ4n) is 12.4. The minimum atomic E-state index is -1.15. The van der Waals surface area contributed by atoms with Gasteiger partial charge in [0.25, 0.3) is 23.6 Å². The summed E-state index contributed by atoms with van der Waals surface area (Å²) in [7, 11) is 5.27. The van der Waals surface area contributed by atoms with Gasteiger partial charge in [0.2, 0.25) is 0 Å². The number of aromatic nitrogens is 4. The van der Waals surface area contributed by atoms with Gasteiger partial charge in [0.15, 0.2) is 25.9 Å². The molecule has 562 valence electrons. The van der Waals surface area contributed by atoms with Gasteiger partial charge in [-0.2, -0.15) is 0 Å².